The van der Waals surface area contributed by atoms with Crippen LogP contribution in [0, 0.1) is 0 Å². The molecule has 6 heteroatoms. The van der Waals surface area contributed by atoms with Crippen LogP contribution in [-0.4, -0.2) is 20.2 Å². The van der Waals surface area contributed by atoms with Crippen LogP contribution in [0.4, 0.5) is 11.5 Å². The lowest BCUT2D eigenvalue weighted by atomic mass is 10.2. The number of nitrogens with zero attached hydrogens (tertiary/aromatic N) is 2. The second-order valence-electron chi connectivity index (χ2n) is 4.71. The van der Waals surface area contributed by atoms with E-state index in [1.54, 1.807) is 18.5 Å². The van der Waals surface area contributed by atoms with E-state index >= 15 is 0 Å². The first-order valence-electron chi connectivity index (χ1n) is 6.49. The molecule has 0 unspecified atom stereocenters. The zero-order valence-electron chi connectivity index (χ0n) is 10.9. The lowest BCUT2D eigenvalue weighted by molar-refractivity contribution is 1.12. The van der Waals surface area contributed by atoms with Crippen molar-refractivity contribution in [3.05, 3.63) is 59.1 Å². The van der Waals surface area contributed by atoms with Gasteiger partial charge in [-0.2, -0.15) is 5.10 Å². The standard InChI is InChI=1S/C15H11N5O/c21-15-13-12(5-6-16-15)19-20-14(13)18-10-7-9-3-1-2-4-11(9)17-8-10/h1-8H,(H,16,21)(H2,18,19,20). The molecule has 0 spiro atoms. The van der Waals surface area contributed by atoms with Crippen molar-refractivity contribution < 1.29 is 0 Å². The zero-order chi connectivity index (χ0) is 14.2. The fraction of sp³-hybridized carbons (Fsp3) is 0. The van der Waals surface area contributed by atoms with Gasteiger partial charge in [-0.1, -0.05) is 18.2 Å². The molecule has 3 aromatic heterocycles. The van der Waals surface area contributed by atoms with Crippen LogP contribution in [0.3, 0.4) is 0 Å². The summed E-state index contributed by atoms with van der Waals surface area (Å²) in [7, 11) is 0. The molecule has 6 nitrogen and oxygen atoms in total. The first-order chi connectivity index (χ1) is 10.3. The van der Waals surface area contributed by atoms with Crippen molar-refractivity contribution in [3.8, 4) is 0 Å². The Kier molecular flexibility index (Phi) is 2.47. The minimum atomic E-state index is -0.183. The van der Waals surface area contributed by atoms with E-state index in [-0.39, 0.29) is 5.56 Å². The number of rotatable bonds is 2. The minimum Gasteiger partial charge on any atom is -0.337 e. The molecule has 102 valence electrons. The number of H-pyrrole nitrogens is 2. The molecule has 4 aromatic rings. The molecule has 21 heavy (non-hydrogen) atoms. The number of anilines is 2. The van der Waals surface area contributed by atoms with Gasteiger partial charge in [-0.05, 0) is 18.2 Å². The second kappa shape index (κ2) is 4.45. The Labute approximate surface area is 118 Å². The number of aromatic nitrogens is 4. The van der Waals surface area contributed by atoms with Gasteiger partial charge in [0.05, 0.1) is 22.9 Å². The van der Waals surface area contributed by atoms with E-state index in [1.165, 1.54) is 0 Å². The first kappa shape index (κ1) is 11.7. The van der Waals surface area contributed by atoms with Gasteiger partial charge >= 0.3 is 0 Å². The summed E-state index contributed by atoms with van der Waals surface area (Å²) in [5.74, 6) is 0.490. The van der Waals surface area contributed by atoms with Crippen molar-refractivity contribution in [2.75, 3.05) is 5.32 Å². The van der Waals surface area contributed by atoms with Crippen LogP contribution in [-0.2, 0) is 0 Å². The van der Waals surface area contributed by atoms with Gasteiger partial charge in [0.1, 0.15) is 5.39 Å². The third-order valence-electron chi connectivity index (χ3n) is 3.34. The van der Waals surface area contributed by atoms with Crippen LogP contribution in [0.2, 0.25) is 0 Å². The van der Waals surface area contributed by atoms with Crippen molar-refractivity contribution >= 4 is 33.3 Å². The summed E-state index contributed by atoms with van der Waals surface area (Å²) in [4.78, 5) is 18.9. The van der Waals surface area contributed by atoms with Gasteiger partial charge in [-0.25, -0.2) is 0 Å². The molecule has 0 aliphatic rings. The van der Waals surface area contributed by atoms with E-state index in [0.717, 1.165) is 16.6 Å². The van der Waals surface area contributed by atoms with Gasteiger partial charge in [0.15, 0.2) is 5.82 Å². The van der Waals surface area contributed by atoms with Crippen molar-refractivity contribution in [2.24, 2.45) is 0 Å². The quantitative estimate of drug-likeness (QED) is 0.525. The minimum absolute atomic E-state index is 0.183. The summed E-state index contributed by atoms with van der Waals surface area (Å²) >= 11 is 0. The van der Waals surface area contributed by atoms with Gasteiger partial charge in [0, 0.05) is 11.6 Å². The topological polar surface area (TPSA) is 86.5 Å². The molecular formula is C15H11N5O. The molecule has 0 saturated heterocycles. The summed E-state index contributed by atoms with van der Waals surface area (Å²) in [5.41, 5.74) is 2.21. The van der Waals surface area contributed by atoms with Crippen molar-refractivity contribution in [2.45, 2.75) is 0 Å². The Morgan fingerprint density at radius 2 is 2.05 bits per heavy atom. The summed E-state index contributed by atoms with van der Waals surface area (Å²) in [6, 6.07) is 11.6. The normalized spacial score (nSPS) is 11.0. The Hall–Kier alpha value is -3.15. The molecule has 4 rings (SSSR count). The average Bonchev–Trinajstić information content (AvgIpc) is 2.92. The molecule has 0 saturated carbocycles. The van der Waals surface area contributed by atoms with Crippen LogP contribution in [0.25, 0.3) is 21.8 Å². The lowest BCUT2D eigenvalue weighted by Crippen LogP contribution is -2.05. The summed E-state index contributed by atoms with van der Waals surface area (Å²) in [5, 5.41) is 11.6. The van der Waals surface area contributed by atoms with E-state index in [2.05, 4.69) is 25.5 Å². The van der Waals surface area contributed by atoms with Crippen LogP contribution < -0.4 is 10.9 Å². The number of fused-ring (bicyclic) bond motifs is 2. The highest BCUT2D eigenvalue weighted by atomic mass is 16.1. The molecule has 3 N–H and O–H groups in total. The van der Waals surface area contributed by atoms with Gasteiger partial charge in [0.2, 0.25) is 0 Å². The summed E-state index contributed by atoms with van der Waals surface area (Å²) in [6.07, 6.45) is 3.31. The predicted octanol–water partition coefficient (Wildman–Crippen LogP) is 2.54. The highest BCUT2D eigenvalue weighted by molar-refractivity contribution is 5.91. The maximum atomic E-state index is 11.9. The number of aromatic amines is 2. The average molecular weight is 277 g/mol. The predicted molar refractivity (Wildman–Crippen MR) is 81.7 cm³/mol. The molecule has 0 atom stereocenters. The molecule has 1 aromatic carbocycles. The largest absolute Gasteiger partial charge is 0.337 e. The summed E-state index contributed by atoms with van der Waals surface area (Å²) < 4.78 is 0. The highest BCUT2D eigenvalue weighted by Crippen LogP contribution is 2.22. The van der Waals surface area contributed by atoms with E-state index in [0.29, 0.717) is 16.7 Å². The third kappa shape index (κ3) is 1.93. The molecule has 0 radical (unpaired) electrons. The van der Waals surface area contributed by atoms with E-state index in [9.17, 15) is 4.79 Å². The molecule has 0 aliphatic heterocycles. The van der Waals surface area contributed by atoms with Gasteiger partial charge < -0.3 is 10.3 Å². The SMILES string of the molecule is O=c1[nH]ccc2[nH]nc(Nc3cnc4ccccc4c3)c12. The lowest BCUT2D eigenvalue weighted by Gasteiger charge is -2.04. The highest BCUT2D eigenvalue weighted by Gasteiger charge is 2.09. The molecular weight excluding hydrogens is 266 g/mol. The van der Waals surface area contributed by atoms with E-state index < -0.39 is 0 Å². The Balaban J connectivity index is 1.81. The fourth-order valence-electron chi connectivity index (χ4n) is 2.35. The van der Waals surface area contributed by atoms with Crippen molar-refractivity contribution in [1.29, 1.82) is 0 Å². The van der Waals surface area contributed by atoms with Gasteiger partial charge in [-0.15, -0.1) is 0 Å². The van der Waals surface area contributed by atoms with Crippen LogP contribution in [0.1, 0.15) is 0 Å². The van der Waals surface area contributed by atoms with Gasteiger partial charge in [0.25, 0.3) is 5.56 Å². The van der Waals surface area contributed by atoms with Crippen molar-refractivity contribution in [1.82, 2.24) is 20.2 Å². The van der Waals surface area contributed by atoms with Crippen LogP contribution in [0.5, 0.6) is 0 Å². The monoisotopic (exact) mass is 277 g/mol. The maximum Gasteiger partial charge on any atom is 0.261 e. The number of pyridine rings is 2. The molecule has 0 bridgehead atoms. The Morgan fingerprint density at radius 3 is 3.00 bits per heavy atom. The van der Waals surface area contributed by atoms with E-state index in [1.807, 2.05) is 30.3 Å². The van der Waals surface area contributed by atoms with Crippen LogP contribution >= 0.6 is 0 Å². The molecule has 0 aliphatic carbocycles. The van der Waals surface area contributed by atoms with Crippen LogP contribution in [0.15, 0.2) is 53.6 Å². The zero-order valence-corrected chi connectivity index (χ0v) is 10.9. The molecule has 0 amide bonds. The number of nitrogens with one attached hydrogen (secondary N) is 3. The van der Waals surface area contributed by atoms with E-state index in [4.69, 9.17) is 0 Å². The molecule has 0 fully saturated rings. The summed E-state index contributed by atoms with van der Waals surface area (Å²) in [6.45, 7) is 0. The Morgan fingerprint density at radius 1 is 1.14 bits per heavy atom. The number of hydrogen-bond acceptors (Lipinski definition) is 4. The fourth-order valence-corrected chi connectivity index (χ4v) is 2.35. The first-order valence-corrected chi connectivity index (χ1v) is 6.49. The Bertz CT molecular complexity index is 1000. The number of para-hydroxylation sites is 1. The smallest absolute Gasteiger partial charge is 0.261 e. The van der Waals surface area contributed by atoms with Gasteiger partial charge in [-0.3, -0.25) is 14.9 Å². The third-order valence-corrected chi connectivity index (χ3v) is 3.34. The molecule has 3 heterocycles. The second-order valence-corrected chi connectivity index (χ2v) is 4.71. The number of hydrogen-bond donors (Lipinski definition) is 3. The number of benzene rings is 1. The van der Waals surface area contributed by atoms with Crippen molar-refractivity contribution in [3.63, 3.8) is 0 Å². The maximum absolute atomic E-state index is 11.9.